The monoisotopic (exact) mass is 363 g/mol. The van der Waals surface area contributed by atoms with Gasteiger partial charge in [-0.15, -0.1) is 0 Å². The summed E-state index contributed by atoms with van der Waals surface area (Å²) in [6.45, 7) is 4.45. The van der Waals surface area contributed by atoms with E-state index in [0.717, 1.165) is 5.69 Å². The highest BCUT2D eigenvalue weighted by molar-refractivity contribution is 6.33. The van der Waals surface area contributed by atoms with E-state index in [-0.39, 0.29) is 17.3 Å². The molecule has 0 aromatic carbocycles. The van der Waals surface area contributed by atoms with Crippen molar-refractivity contribution in [2.75, 3.05) is 43.1 Å². The van der Waals surface area contributed by atoms with Gasteiger partial charge < -0.3 is 19.7 Å². The first-order chi connectivity index (χ1) is 12.2. The highest BCUT2D eigenvalue weighted by Crippen LogP contribution is 2.28. The maximum Gasteiger partial charge on any atom is 0.345 e. The minimum absolute atomic E-state index is 0.0477. The smallest absolute Gasteiger partial charge is 0.345 e. The Bertz CT molecular complexity index is 738. The van der Waals surface area contributed by atoms with E-state index in [2.05, 4.69) is 20.3 Å². The fraction of sp³-hybridized carbons (Fsp3) is 0.375. The van der Waals surface area contributed by atoms with E-state index in [4.69, 9.17) is 21.1 Å². The molecule has 0 unspecified atom stereocenters. The maximum atomic E-state index is 12.3. The van der Waals surface area contributed by atoms with Gasteiger partial charge >= 0.3 is 5.97 Å². The van der Waals surface area contributed by atoms with Gasteiger partial charge in [-0.1, -0.05) is 11.6 Å². The van der Waals surface area contributed by atoms with Gasteiger partial charge in [0.15, 0.2) is 11.0 Å². The highest BCUT2D eigenvalue weighted by atomic mass is 35.5. The molecule has 9 heteroatoms. The van der Waals surface area contributed by atoms with Crippen LogP contribution in [0.1, 0.15) is 17.3 Å². The fourth-order valence-corrected chi connectivity index (χ4v) is 2.62. The summed E-state index contributed by atoms with van der Waals surface area (Å²) in [6, 6.07) is 3.53. The highest BCUT2D eigenvalue weighted by Gasteiger charge is 2.24. The van der Waals surface area contributed by atoms with Gasteiger partial charge in [0.2, 0.25) is 5.95 Å². The van der Waals surface area contributed by atoms with Crippen LogP contribution in [0.3, 0.4) is 0 Å². The van der Waals surface area contributed by atoms with Gasteiger partial charge in [-0.25, -0.2) is 4.79 Å². The molecule has 0 bridgehead atoms. The van der Waals surface area contributed by atoms with E-state index in [0.29, 0.717) is 38.1 Å². The zero-order chi connectivity index (χ0) is 17.6. The van der Waals surface area contributed by atoms with Gasteiger partial charge in [-0.3, -0.25) is 4.98 Å². The number of ether oxygens (including phenoxy) is 2. The summed E-state index contributed by atoms with van der Waals surface area (Å²) < 4.78 is 10.4. The van der Waals surface area contributed by atoms with Gasteiger partial charge in [0.25, 0.3) is 0 Å². The summed E-state index contributed by atoms with van der Waals surface area (Å²) >= 11 is 6.29. The number of halogens is 1. The average Bonchev–Trinajstić information content (AvgIpc) is 2.63. The molecule has 2 aromatic heterocycles. The molecule has 0 atom stereocenters. The lowest BCUT2D eigenvalue weighted by atomic mass is 10.3. The van der Waals surface area contributed by atoms with Crippen molar-refractivity contribution in [3.05, 3.63) is 35.2 Å². The van der Waals surface area contributed by atoms with Crippen LogP contribution in [0.25, 0.3) is 0 Å². The Hall–Kier alpha value is -2.45. The largest absolute Gasteiger partial charge is 0.462 e. The molecule has 8 nitrogen and oxygen atoms in total. The van der Waals surface area contributed by atoms with Crippen molar-refractivity contribution in [3.63, 3.8) is 0 Å². The van der Waals surface area contributed by atoms with Gasteiger partial charge in [-0.2, -0.15) is 9.97 Å². The van der Waals surface area contributed by atoms with Crippen molar-refractivity contribution in [2.24, 2.45) is 0 Å². The summed E-state index contributed by atoms with van der Waals surface area (Å²) in [5, 5.41) is 3.15. The van der Waals surface area contributed by atoms with Crippen LogP contribution in [0, 0.1) is 0 Å². The van der Waals surface area contributed by atoms with Crippen LogP contribution in [0.4, 0.5) is 17.5 Å². The number of esters is 1. The Morgan fingerprint density at radius 2 is 2.04 bits per heavy atom. The molecule has 3 heterocycles. The first kappa shape index (κ1) is 17.4. The van der Waals surface area contributed by atoms with Crippen LogP contribution >= 0.6 is 11.6 Å². The molecule has 1 saturated heterocycles. The standard InChI is InChI=1S/C16H18ClN5O3/c1-2-25-15(23)12-13(17)20-16(22-7-9-24-10-8-22)21-14(12)19-11-3-5-18-6-4-11/h3-6H,2,7-10H2,1H3,(H,18,19,20,21). The molecule has 3 rings (SSSR count). The molecule has 1 aliphatic heterocycles. The number of anilines is 3. The molecular weight excluding hydrogens is 346 g/mol. The van der Waals surface area contributed by atoms with Crippen LogP contribution in [-0.2, 0) is 9.47 Å². The second kappa shape index (κ2) is 8.09. The molecule has 0 amide bonds. The number of nitrogens with zero attached hydrogens (tertiary/aromatic N) is 4. The third-order valence-corrected chi connectivity index (χ3v) is 3.84. The van der Waals surface area contributed by atoms with Crippen molar-refractivity contribution in [1.82, 2.24) is 15.0 Å². The topological polar surface area (TPSA) is 89.5 Å². The number of carbonyl (C=O) groups excluding carboxylic acids is 1. The molecular formula is C16H18ClN5O3. The average molecular weight is 364 g/mol. The van der Waals surface area contributed by atoms with E-state index in [1.165, 1.54) is 0 Å². The summed E-state index contributed by atoms with van der Waals surface area (Å²) in [5.41, 5.74) is 0.834. The Morgan fingerprint density at radius 1 is 1.32 bits per heavy atom. The molecule has 0 saturated carbocycles. The van der Waals surface area contributed by atoms with Crippen LogP contribution in [0.2, 0.25) is 5.15 Å². The number of hydrogen-bond donors (Lipinski definition) is 1. The van der Waals surface area contributed by atoms with Gasteiger partial charge in [-0.05, 0) is 19.1 Å². The SMILES string of the molecule is CCOC(=O)c1c(Cl)nc(N2CCOCC2)nc1Nc1ccncc1. The van der Waals surface area contributed by atoms with Gasteiger partial charge in [0, 0.05) is 31.2 Å². The van der Waals surface area contributed by atoms with E-state index in [9.17, 15) is 4.79 Å². The van der Waals surface area contributed by atoms with Crippen molar-refractivity contribution in [3.8, 4) is 0 Å². The normalized spacial score (nSPS) is 14.2. The third kappa shape index (κ3) is 4.15. The lowest BCUT2D eigenvalue weighted by Gasteiger charge is -2.27. The Kier molecular flexibility index (Phi) is 5.62. The predicted molar refractivity (Wildman–Crippen MR) is 93.6 cm³/mol. The Balaban J connectivity index is 1.99. The van der Waals surface area contributed by atoms with Crippen molar-refractivity contribution in [1.29, 1.82) is 0 Å². The summed E-state index contributed by atoms with van der Waals surface area (Å²) in [5.74, 6) is 0.168. The van der Waals surface area contributed by atoms with Crippen LogP contribution in [0.5, 0.6) is 0 Å². The summed E-state index contributed by atoms with van der Waals surface area (Å²) in [6.07, 6.45) is 3.27. The van der Waals surface area contributed by atoms with Crippen LogP contribution in [-0.4, -0.2) is 53.8 Å². The summed E-state index contributed by atoms with van der Waals surface area (Å²) in [7, 11) is 0. The number of rotatable bonds is 5. The van der Waals surface area contributed by atoms with Crippen LogP contribution < -0.4 is 10.2 Å². The predicted octanol–water partition coefficient (Wildman–Crippen LogP) is 2.28. The van der Waals surface area contributed by atoms with Crippen molar-refractivity contribution >= 4 is 35.0 Å². The third-order valence-electron chi connectivity index (χ3n) is 3.57. The molecule has 1 fully saturated rings. The van der Waals surface area contributed by atoms with E-state index >= 15 is 0 Å². The van der Waals surface area contributed by atoms with Crippen molar-refractivity contribution < 1.29 is 14.3 Å². The second-order valence-electron chi connectivity index (χ2n) is 5.22. The van der Waals surface area contributed by atoms with Crippen molar-refractivity contribution in [2.45, 2.75) is 6.92 Å². The number of nitrogens with one attached hydrogen (secondary N) is 1. The van der Waals surface area contributed by atoms with Crippen LogP contribution in [0.15, 0.2) is 24.5 Å². The first-order valence-electron chi connectivity index (χ1n) is 7.93. The minimum Gasteiger partial charge on any atom is -0.462 e. The molecule has 1 N–H and O–H groups in total. The number of morpholine rings is 1. The quantitative estimate of drug-likeness (QED) is 0.639. The molecule has 1 aliphatic rings. The zero-order valence-electron chi connectivity index (χ0n) is 13.7. The van der Waals surface area contributed by atoms with E-state index in [1.807, 2.05) is 4.90 Å². The lowest BCUT2D eigenvalue weighted by Crippen LogP contribution is -2.37. The Morgan fingerprint density at radius 3 is 2.72 bits per heavy atom. The first-order valence-corrected chi connectivity index (χ1v) is 8.31. The van der Waals surface area contributed by atoms with Gasteiger partial charge in [0.05, 0.1) is 19.8 Å². The molecule has 132 valence electrons. The fourth-order valence-electron chi connectivity index (χ4n) is 2.37. The second-order valence-corrected chi connectivity index (χ2v) is 5.58. The lowest BCUT2D eigenvalue weighted by molar-refractivity contribution is 0.0527. The molecule has 0 spiro atoms. The number of pyridine rings is 1. The summed E-state index contributed by atoms with van der Waals surface area (Å²) in [4.78, 5) is 27.0. The maximum absolute atomic E-state index is 12.3. The zero-order valence-corrected chi connectivity index (χ0v) is 14.5. The molecule has 25 heavy (non-hydrogen) atoms. The molecule has 0 radical (unpaired) electrons. The number of hydrogen-bond acceptors (Lipinski definition) is 8. The molecule has 0 aliphatic carbocycles. The number of carbonyl (C=O) groups is 1. The van der Waals surface area contributed by atoms with E-state index in [1.54, 1.807) is 31.5 Å². The minimum atomic E-state index is -0.572. The molecule has 2 aromatic rings. The van der Waals surface area contributed by atoms with E-state index < -0.39 is 5.97 Å². The Labute approximate surface area is 150 Å². The number of aromatic nitrogens is 3. The van der Waals surface area contributed by atoms with Gasteiger partial charge in [0.1, 0.15) is 5.56 Å².